The normalized spacial score (nSPS) is 9.29. The van der Waals surface area contributed by atoms with Crippen LogP contribution in [-0.2, 0) is 7.05 Å². The van der Waals surface area contributed by atoms with Crippen LogP contribution in [0.3, 0.4) is 0 Å². The van der Waals surface area contributed by atoms with Crippen molar-refractivity contribution in [3.63, 3.8) is 0 Å². The number of hydrogen-bond donors (Lipinski definition) is 0. The van der Waals surface area contributed by atoms with E-state index in [1.54, 1.807) is 7.05 Å². The summed E-state index contributed by atoms with van der Waals surface area (Å²) < 4.78 is 1.50. The molecule has 2 radical (unpaired) electrons. The lowest BCUT2D eigenvalue weighted by atomic mass is 10.1. The lowest BCUT2D eigenvalue weighted by Gasteiger charge is -1.85. The maximum atomic E-state index is 5.28. The fourth-order valence-electron chi connectivity index (χ4n) is 0.298. The van der Waals surface area contributed by atoms with Crippen LogP contribution >= 0.6 is 0 Å². The quantitative estimate of drug-likeness (QED) is 0.369. The molecule has 0 saturated heterocycles. The average molecular weight is 92.9 g/mol. The molecular weight excluding hydrogens is 88.9 g/mol. The van der Waals surface area contributed by atoms with Crippen molar-refractivity contribution in [2.24, 2.45) is 7.05 Å². The first-order chi connectivity index (χ1) is 3.30. The van der Waals surface area contributed by atoms with Crippen LogP contribution in [0.4, 0.5) is 0 Å². The van der Waals surface area contributed by atoms with Gasteiger partial charge in [-0.25, -0.2) is 0 Å². The third-order valence-corrected chi connectivity index (χ3v) is 0.749. The Kier molecular flexibility index (Phi) is 0.853. The molecule has 0 saturated carbocycles. The second-order valence-electron chi connectivity index (χ2n) is 1.28. The van der Waals surface area contributed by atoms with Crippen molar-refractivity contribution < 1.29 is 0 Å². The minimum atomic E-state index is 0.583. The van der Waals surface area contributed by atoms with Crippen LogP contribution in [-0.4, -0.2) is 22.8 Å². The van der Waals surface area contributed by atoms with Gasteiger partial charge in [0.05, 0.1) is 6.20 Å². The zero-order valence-corrected chi connectivity index (χ0v) is 4.00. The Morgan fingerprint density at radius 3 is 2.71 bits per heavy atom. The standard InChI is InChI=1S/C3H4BN3/c1-7-3(4)2-5-6-7/h2H,1H3. The Morgan fingerprint density at radius 2 is 2.57 bits per heavy atom. The molecule has 0 spiro atoms. The average Bonchev–Trinajstić information content (AvgIpc) is 1.91. The van der Waals surface area contributed by atoms with E-state index in [1.165, 1.54) is 10.9 Å². The van der Waals surface area contributed by atoms with Gasteiger partial charge in [-0.3, -0.25) is 4.68 Å². The number of rotatable bonds is 0. The Balaban J connectivity index is 3.12. The largest absolute Gasteiger partial charge is 0.263 e. The van der Waals surface area contributed by atoms with Crippen LogP contribution in [0.25, 0.3) is 0 Å². The van der Waals surface area contributed by atoms with Crippen molar-refractivity contribution in [3.8, 4) is 0 Å². The second-order valence-corrected chi connectivity index (χ2v) is 1.28. The lowest BCUT2D eigenvalue weighted by molar-refractivity contribution is 0.729. The van der Waals surface area contributed by atoms with Gasteiger partial charge in [-0.1, -0.05) is 5.21 Å². The molecule has 0 bridgehead atoms. The molecule has 34 valence electrons. The Morgan fingerprint density at radius 1 is 1.86 bits per heavy atom. The number of aromatic nitrogens is 3. The molecule has 0 N–H and O–H groups in total. The van der Waals surface area contributed by atoms with Gasteiger partial charge in [0.2, 0.25) is 0 Å². The molecule has 0 atom stereocenters. The molecule has 1 aromatic heterocycles. The fourth-order valence-corrected chi connectivity index (χ4v) is 0.298. The van der Waals surface area contributed by atoms with Crippen LogP contribution < -0.4 is 5.59 Å². The lowest BCUT2D eigenvalue weighted by Crippen LogP contribution is -2.13. The van der Waals surface area contributed by atoms with E-state index in [4.69, 9.17) is 7.85 Å². The molecule has 1 rings (SSSR count). The molecule has 0 aromatic carbocycles. The molecule has 0 unspecified atom stereocenters. The molecule has 1 aromatic rings. The van der Waals surface area contributed by atoms with Crippen molar-refractivity contribution in [2.75, 3.05) is 0 Å². The maximum absolute atomic E-state index is 5.28. The molecule has 0 amide bonds. The summed E-state index contributed by atoms with van der Waals surface area (Å²) in [6.45, 7) is 0. The predicted octanol–water partition coefficient (Wildman–Crippen LogP) is -1.39. The highest BCUT2D eigenvalue weighted by Gasteiger charge is 1.85. The maximum Gasteiger partial charge on any atom is 0.143 e. The third-order valence-electron chi connectivity index (χ3n) is 0.749. The van der Waals surface area contributed by atoms with Gasteiger partial charge in [-0.05, 0) is 0 Å². The molecule has 0 fully saturated rings. The first-order valence-electron chi connectivity index (χ1n) is 1.91. The van der Waals surface area contributed by atoms with E-state index < -0.39 is 0 Å². The van der Waals surface area contributed by atoms with Crippen LogP contribution in [0.1, 0.15) is 0 Å². The highest BCUT2D eigenvalue weighted by molar-refractivity contribution is 6.30. The summed E-state index contributed by atoms with van der Waals surface area (Å²) >= 11 is 0. The summed E-state index contributed by atoms with van der Waals surface area (Å²) in [6, 6.07) is 0. The van der Waals surface area contributed by atoms with Crippen LogP contribution in [0, 0.1) is 0 Å². The van der Waals surface area contributed by atoms with Gasteiger partial charge in [0.1, 0.15) is 7.85 Å². The predicted molar refractivity (Wildman–Crippen MR) is 26.4 cm³/mol. The molecule has 3 nitrogen and oxygen atoms in total. The van der Waals surface area contributed by atoms with Crippen LogP contribution in [0.5, 0.6) is 0 Å². The summed E-state index contributed by atoms with van der Waals surface area (Å²) in [4.78, 5) is 0. The van der Waals surface area contributed by atoms with E-state index in [0.717, 1.165) is 0 Å². The SMILES string of the molecule is [B]c1cnnn1C. The minimum Gasteiger partial charge on any atom is -0.263 e. The van der Waals surface area contributed by atoms with E-state index in [0.29, 0.717) is 5.59 Å². The first kappa shape index (κ1) is 4.37. The molecule has 0 aliphatic rings. The van der Waals surface area contributed by atoms with E-state index in [2.05, 4.69) is 10.3 Å². The van der Waals surface area contributed by atoms with Crippen molar-refractivity contribution in [2.45, 2.75) is 0 Å². The molecule has 4 heteroatoms. The third kappa shape index (κ3) is 0.631. The fraction of sp³-hybridized carbons (Fsp3) is 0.333. The Bertz CT molecular complexity index is 142. The highest BCUT2D eigenvalue weighted by Crippen LogP contribution is 1.61. The molecule has 7 heavy (non-hydrogen) atoms. The van der Waals surface area contributed by atoms with Gasteiger partial charge in [0.15, 0.2) is 0 Å². The molecular formula is C3H4BN3. The zero-order valence-electron chi connectivity index (χ0n) is 4.00. The number of aryl methyl sites for hydroxylation is 1. The molecule has 0 aliphatic heterocycles. The monoisotopic (exact) mass is 93.0 g/mol. The second kappa shape index (κ2) is 1.37. The zero-order chi connectivity index (χ0) is 5.28. The van der Waals surface area contributed by atoms with Gasteiger partial charge in [0.25, 0.3) is 0 Å². The van der Waals surface area contributed by atoms with Crippen LogP contribution in [0.2, 0.25) is 0 Å². The van der Waals surface area contributed by atoms with E-state index in [-0.39, 0.29) is 0 Å². The summed E-state index contributed by atoms with van der Waals surface area (Å²) in [7, 11) is 7.02. The number of hydrogen-bond acceptors (Lipinski definition) is 2. The van der Waals surface area contributed by atoms with Crippen molar-refractivity contribution in [1.82, 2.24) is 15.0 Å². The van der Waals surface area contributed by atoms with Gasteiger partial charge in [-0.15, -0.1) is 5.10 Å². The summed E-state index contributed by atoms with van der Waals surface area (Å²) in [5, 5.41) is 7.07. The van der Waals surface area contributed by atoms with E-state index in [9.17, 15) is 0 Å². The van der Waals surface area contributed by atoms with Crippen molar-refractivity contribution in [1.29, 1.82) is 0 Å². The van der Waals surface area contributed by atoms with Crippen molar-refractivity contribution >= 4 is 13.4 Å². The summed E-state index contributed by atoms with van der Waals surface area (Å²) in [6.07, 6.45) is 1.50. The first-order valence-corrected chi connectivity index (χ1v) is 1.91. The van der Waals surface area contributed by atoms with E-state index in [1.807, 2.05) is 0 Å². The molecule has 1 heterocycles. The Hall–Kier alpha value is -0.795. The van der Waals surface area contributed by atoms with Gasteiger partial charge in [0, 0.05) is 12.6 Å². The Labute approximate surface area is 42.7 Å². The summed E-state index contributed by atoms with van der Waals surface area (Å²) in [5.74, 6) is 0. The highest BCUT2D eigenvalue weighted by atomic mass is 15.4. The summed E-state index contributed by atoms with van der Waals surface area (Å²) in [5.41, 5.74) is 0.583. The van der Waals surface area contributed by atoms with Gasteiger partial charge >= 0.3 is 0 Å². The van der Waals surface area contributed by atoms with Crippen molar-refractivity contribution in [3.05, 3.63) is 6.20 Å². The minimum absolute atomic E-state index is 0.583. The van der Waals surface area contributed by atoms with E-state index >= 15 is 0 Å². The topological polar surface area (TPSA) is 30.7 Å². The molecule has 0 aliphatic carbocycles. The smallest absolute Gasteiger partial charge is 0.143 e. The van der Waals surface area contributed by atoms with Gasteiger partial charge in [-0.2, -0.15) is 0 Å². The van der Waals surface area contributed by atoms with Crippen LogP contribution in [0.15, 0.2) is 6.20 Å². The number of nitrogens with zero attached hydrogens (tertiary/aromatic N) is 3. The van der Waals surface area contributed by atoms with Gasteiger partial charge < -0.3 is 0 Å².